The van der Waals surface area contributed by atoms with Gasteiger partial charge in [-0.25, -0.2) is 4.39 Å². The standard InChI is InChI=1S/C18H27FN2.ClH/c1-18(9-10-20-13-18)14-21-11-2-3-15(8-12-21)16-4-6-17(19)7-5-16;/h4-7,15,20H,2-3,8-14H2,1H3;1H. The first-order valence-electron chi connectivity index (χ1n) is 8.33. The Morgan fingerprint density at radius 3 is 2.68 bits per heavy atom. The SMILES string of the molecule is CC1(CN2CCCC(c3ccc(F)cc3)CC2)CCNC1.Cl. The quantitative estimate of drug-likeness (QED) is 0.908. The minimum atomic E-state index is -0.129. The molecule has 1 N–H and O–H groups in total. The van der Waals surface area contributed by atoms with Crippen molar-refractivity contribution in [3.8, 4) is 0 Å². The smallest absolute Gasteiger partial charge is 0.123 e. The van der Waals surface area contributed by atoms with Crippen LogP contribution in [0.4, 0.5) is 4.39 Å². The first-order chi connectivity index (χ1) is 10.1. The number of nitrogens with one attached hydrogen (secondary N) is 1. The minimum absolute atomic E-state index is 0. The summed E-state index contributed by atoms with van der Waals surface area (Å²) in [6, 6.07) is 7.14. The van der Waals surface area contributed by atoms with Crippen molar-refractivity contribution in [2.75, 3.05) is 32.7 Å². The molecule has 2 nitrogen and oxygen atoms in total. The third-order valence-electron chi connectivity index (χ3n) is 5.22. The molecule has 0 radical (unpaired) electrons. The molecule has 2 saturated heterocycles. The van der Waals surface area contributed by atoms with E-state index in [0.29, 0.717) is 11.3 Å². The zero-order chi connectivity index (χ0) is 14.7. The lowest BCUT2D eigenvalue weighted by Crippen LogP contribution is -2.38. The van der Waals surface area contributed by atoms with Crippen molar-refractivity contribution in [3.63, 3.8) is 0 Å². The summed E-state index contributed by atoms with van der Waals surface area (Å²) in [5, 5.41) is 3.50. The van der Waals surface area contributed by atoms with Crippen molar-refractivity contribution in [2.24, 2.45) is 5.41 Å². The molecule has 22 heavy (non-hydrogen) atoms. The molecule has 2 unspecified atom stereocenters. The number of nitrogens with zero attached hydrogens (tertiary/aromatic N) is 1. The molecule has 2 aliphatic rings. The van der Waals surface area contributed by atoms with Gasteiger partial charge >= 0.3 is 0 Å². The first kappa shape index (κ1) is 17.7. The highest BCUT2D eigenvalue weighted by Crippen LogP contribution is 2.31. The lowest BCUT2D eigenvalue weighted by molar-refractivity contribution is 0.182. The van der Waals surface area contributed by atoms with Gasteiger partial charge in [-0.05, 0) is 74.3 Å². The number of rotatable bonds is 3. The van der Waals surface area contributed by atoms with Crippen LogP contribution in [0.5, 0.6) is 0 Å². The molecule has 2 atom stereocenters. The highest BCUT2D eigenvalue weighted by Gasteiger charge is 2.31. The van der Waals surface area contributed by atoms with Gasteiger partial charge in [0.15, 0.2) is 0 Å². The summed E-state index contributed by atoms with van der Waals surface area (Å²) in [5.74, 6) is 0.473. The van der Waals surface area contributed by atoms with E-state index >= 15 is 0 Å². The Hall–Kier alpha value is -0.640. The van der Waals surface area contributed by atoms with Gasteiger partial charge < -0.3 is 10.2 Å². The van der Waals surface area contributed by atoms with Crippen LogP contribution in [0.2, 0.25) is 0 Å². The highest BCUT2D eigenvalue weighted by atomic mass is 35.5. The van der Waals surface area contributed by atoms with E-state index in [1.807, 2.05) is 12.1 Å². The van der Waals surface area contributed by atoms with Crippen molar-refractivity contribution in [1.82, 2.24) is 10.2 Å². The van der Waals surface area contributed by atoms with E-state index in [2.05, 4.69) is 17.1 Å². The van der Waals surface area contributed by atoms with Gasteiger partial charge in [0.25, 0.3) is 0 Å². The van der Waals surface area contributed by atoms with Crippen molar-refractivity contribution < 1.29 is 4.39 Å². The van der Waals surface area contributed by atoms with Crippen molar-refractivity contribution in [2.45, 2.75) is 38.5 Å². The van der Waals surface area contributed by atoms with Crippen LogP contribution < -0.4 is 5.32 Å². The molecular formula is C18H28ClFN2. The van der Waals surface area contributed by atoms with Gasteiger partial charge in [-0.15, -0.1) is 12.4 Å². The number of benzene rings is 1. The van der Waals surface area contributed by atoms with Gasteiger partial charge in [0, 0.05) is 13.1 Å². The van der Waals surface area contributed by atoms with E-state index in [9.17, 15) is 4.39 Å². The Morgan fingerprint density at radius 2 is 2.00 bits per heavy atom. The fourth-order valence-corrected chi connectivity index (χ4v) is 3.93. The van der Waals surface area contributed by atoms with E-state index in [1.165, 1.54) is 57.4 Å². The summed E-state index contributed by atoms with van der Waals surface area (Å²) in [6.45, 7) is 8.35. The van der Waals surface area contributed by atoms with Gasteiger partial charge in [-0.1, -0.05) is 19.1 Å². The summed E-state index contributed by atoms with van der Waals surface area (Å²) >= 11 is 0. The van der Waals surface area contributed by atoms with Crippen molar-refractivity contribution in [1.29, 1.82) is 0 Å². The van der Waals surface area contributed by atoms with Crippen LogP contribution in [-0.4, -0.2) is 37.6 Å². The van der Waals surface area contributed by atoms with E-state index in [0.717, 1.165) is 6.54 Å². The predicted molar refractivity (Wildman–Crippen MR) is 92.3 cm³/mol. The summed E-state index contributed by atoms with van der Waals surface area (Å²) in [6.07, 6.45) is 4.99. The highest BCUT2D eigenvalue weighted by molar-refractivity contribution is 5.85. The van der Waals surface area contributed by atoms with E-state index in [4.69, 9.17) is 0 Å². The number of hydrogen-bond acceptors (Lipinski definition) is 2. The van der Waals surface area contributed by atoms with Crippen molar-refractivity contribution >= 4 is 12.4 Å². The van der Waals surface area contributed by atoms with Crippen LogP contribution in [0.15, 0.2) is 24.3 Å². The van der Waals surface area contributed by atoms with Crippen LogP contribution in [0.1, 0.15) is 44.1 Å². The second-order valence-corrected chi connectivity index (χ2v) is 7.19. The Kier molecular flexibility index (Phi) is 6.25. The maximum absolute atomic E-state index is 13.1. The summed E-state index contributed by atoms with van der Waals surface area (Å²) in [4.78, 5) is 2.65. The van der Waals surface area contributed by atoms with Crippen LogP contribution in [0.3, 0.4) is 0 Å². The zero-order valence-electron chi connectivity index (χ0n) is 13.5. The summed E-state index contributed by atoms with van der Waals surface area (Å²) in [5.41, 5.74) is 1.77. The van der Waals surface area contributed by atoms with Gasteiger partial charge in [0.05, 0.1) is 0 Å². The predicted octanol–water partition coefficient (Wildman–Crippen LogP) is 3.82. The van der Waals surface area contributed by atoms with Crippen LogP contribution in [0.25, 0.3) is 0 Å². The lowest BCUT2D eigenvalue weighted by Gasteiger charge is -2.31. The van der Waals surface area contributed by atoms with E-state index in [1.54, 1.807) is 12.1 Å². The molecular weight excluding hydrogens is 299 g/mol. The number of halogens is 2. The van der Waals surface area contributed by atoms with Crippen LogP contribution >= 0.6 is 12.4 Å². The van der Waals surface area contributed by atoms with Gasteiger partial charge in [-0.2, -0.15) is 0 Å². The molecule has 0 amide bonds. The molecule has 0 saturated carbocycles. The van der Waals surface area contributed by atoms with Gasteiger partial charge in [-0.3, -0.25) is 0 Å². The second-order valence-electron chi connectivity index (χ2n) is 7.19. The van der Waals surface area contributed by atoms with Crippen LogP contribution in [-0.2, 0) is 0 Å². The molecule has 2 fully saturated rings. The molecule has 3 rings (SSSR count). The molecule has 1 aromatic carbocycles. The molecule has 2 aliphatic heterocycles. The molecule has 0 spiro atoms. The molecule has 0 bridgehead atoms. The third kappa shape index (κ3) is 4.43. The summed E-state index contributed by atoms with van der Waals surface area (Å²) in [7, 11) is 0. The largest absolute Gasteiger partial charge is 0.316 e. The molecule has 4 heteroatoms. The third-order valence-corrected chi connectivity index (χ3v) is 5.22. The Morgan fingerprint density at radius 1 is 1.23 bits per heavy atom. The Bertz CT molecular complexity index is 457. The second kappa shape index (κ2) is 7.76. The van der Waals surface area contributed by atoms with Crippen LogP contribution in [0, 0.1) is 11.2 Å². The Labute approximate surface area is 139 Å². The van der Waals surface area contributed by atoms with E-state index in [-0.39, 0.29) is 18.2 Å². The topological polar surface area (TPSA) is 15.3 Å². The molecule has 0 aromatic heterocycles. The van der Waals surface area contributed by atoms with Crippen molar-refractivity contribution in [3.05, 3.63) is 35.6 Å². The maximum atomic E-state index is 13.1. The number of likely N-dealkylation sites (tertiary alicyclic amines) is 1. The zero-order valence-corrected chi connectivity index (χ0v) is 14.3. The minimum Gasteiger partial charge on any atom is -0.316 e. The number of hydrogen-bond donors (Lipinski definition) is 1. The van der Waals surface area contributed by atoms with Gasteiger partial charge in [0.2, 0.25) is 0 Å². The fourth-order valence-electron chi connectivity index (χ4n) is 3.93. The van der Waals surface area contributed by atoms with Gasteiger partial charge in [0.1, 0.15) is 5.82 Å². The first-order valence-corrected chi connectivity index (χ1v) is 8.33. The Balaban J connectivity index is 0.00000176. The monoisotopic (exact) mass is 326 g/mol. The molecule has 124 valence electrons. The molecule has 0 aliphatic carbocycles. The molecule has 1 aromatic rings. The maximum Gasteiger partial charge on any atom is 0.123 e. The normalized spacial score (nSPS) is 29.8. The summed E-state index contributed by atoms with van der Waals surface area (Å²) < 4.78 is 13.1. The lowest BCUT2D eigenvalue weighted by atomic mass is 9.89. The molecule has 2 heterocycles. The van der Waals surface area contributed by atoms with E-state index < -0.39 is 0 Å². The average molecular weight is 327 g/mol. The average Bonchev–Trinajstić information content (AvgIpc) is 2.76. The fraction of sp³-hybridized carbons (Fsp3) is 0.667.